The van der Waals surface area contributed by atoms with E-state index in [2.05, 4.69) is 32.8 Å². The molecule has 2 aromatic rings. The summed E-state index contributed by atoms with van der Waals surface area (Å²) in [5.41, 5.74) is 2.54. The third-order valence-corrected chi connectivity index (χ3v) is 4.83. The highest BCUT2D eigenvalue weighted by Crippen LogP contribution is 2.38. The first-order valence-electron chi connectivity index (χ1n) is 7.17. The van der Waals surface area contributed by atoms with Gasteiger partial charge in [0.25, 0.3) is 0 Å². The number of aromatic nitrogens is 2. The number of nitrogens with zero attached hydrogens (tertiary/aromatic N) is 3. The maximum Gasteiger partial charge on any atom is 0.131 e. The molecule has 7 heteroatoms. The van der Waals surface area contributed by atoms with Crippen molar-refractivity contribution in [3.05, 3.63) is 16.1 Å². The number of benzene rings is 1. The summed E-state index contributed by atoms with van der Waals surface area (Å²) in [6.07, 6.45) is 2.33. The van der Waals surface area contributed by atoms with E-state index in [4.69, 9.17) is 23.2 Å². The van der Waals surface area contributed by atoms with Crippen molar-refractivity contribution in [2.45, 2.75) is 38.8 Å². The van der Waals surface area contributed by atoms with Crippen LogP contribution in [-0.4, -0.2) is 33.9 Å². The molecule has 0 saturated carbocycles. The van der Waals surface area contributed by atoms with Gasteiger partial charge < -0.3 is 10.2 Å². The molecule has 4 nitrogen and oxygen atoms in total. The molecule has 114 valence electrons. The standard InChI is InChI=1S/C14H18Cl2N4S/c1-8(2)17-9-4-3-5-20(7-9)14-11(16)6-10(15)12-13(14)19-21-18-12/h6,8-9,17H,3-5,7H2,1-2H3. The van der Waals surface area contributed by atoms with Gasteiger partial charge in [0.2, 0.25) is 0 Å². The van der Waals surface area contributed by atoms with Gasteiger partial charge in [0.15, 0.2) is 0 Å². The van der Waals surface area contributed by atoms with Crippen LogP contribution < -0.4 is 10.2 Å². The lowest BCUT2D eigenvalue weighted by Crippen LogP contribution is -2.48. The SMILES string of the molecule is CC(C)NC1CCCN(c2c(Cl)cc(Cl)c3nsnc23)C1. The average Bonchev–Trinajstić information content (AvgIpc) is 2.88. The van der Waals surface area contributed by atoms with Crippen molar-refractivity contribution in [1.29, 1.82) is 0 Å². The molecule has 1 aliphatic heterocycles. The lowest BCUT2D eigenvalue weighted by molar-refractivity contribution is 0.395. The predicted octanol–water partition coefficient (Wildman–Crippen LogP) is 3.96. The van der Waals surface area contributed by atoms with Gasteiger partial charge in [-0.15, -0.1) is 0 Å². The topological polar surface area (TPSA) is 41.0 Å². The van der Waals surface area contributed by atoms with E-state index in [0.717, 1.165) is 36.2 Å². The lowest BCUT2D eigenvalue weighted by atomic mass is 10.0. The lowest BCUT2D eigenvalue weighted by Gasteiger charge is -2.36. The molecule has 1 aromatic heterocycles. The molecule has 1 saturated heterocycles. The van der Waals surface area contributed by atoms with Crippen molar-refractivity contribution in [1.82, 2.24) is 14.1 Å². The van der Waals surface area contributed by atoms with Crippen LogP contribution in [0, 0.1) is 0 Å². The minimum absolute atomic E-state index is 0.479. The molecule has 0 amide bonds. The Hall–Kier alpha value is -0.620. The monoisotopic (exact) mass is 344 g/mol. The molecule has 3 rings (SSSR count). The van der Waals surface area contributed by atoms with E-state index in [9.17, 15) is 0 Å². The first kappa shape index (κ1) is 15.3. The fourth-order valence-electron chi connectivity index (χ4n) is 2.95. The number of halogens is 2. The van der Waals surface area contributed by atoms with Crippen LogP contribution in [0.15, 0.2) is 6.07 Å². The second kappa shape index (κ2) is 6.24. The predicted molar refractivity (Wildman–Crippen MR) is 90.9 cm³/mol. The molecule has 1 fully saturated rings. The number of anilines is 1. The summed E-state index contributed by atoms with van der Waals surface area (Å²) in [6.45, 7) is 6.28. The van der Waals surface area contributed by atoms with Gasteiger partial charge in [0.1, 0.15) is 11.0 Å². The summed E-state index contributed by atoms with van der Waals surface area (Å²) in [7, 11) is 0. The number of fused-ring (bicyclic) bond motifs is 1. The van der Waals surface area contributed by atoms with E-state index in [-0.39, 0.29) is 0 Å². The van der Waals surface area contributed by atoms with Crippen molar-refractivity contribution in [3.8, 4) is 0 Å². The van der Waals surface area contributed by atoms with E-state index < -0.39 is 0 Å². The molecule has 1 N–H and O–H groups in total. The van der Waals surface area contributed by atoms with Gasteiger partial charge in [-0.25, -0.2) is 0 Å². The highest BCUT2D eigenvalue weighted by atomic mass is 35.5. The van der Waals surface area contributed by atoms with Gasteiger partial charge in [-0.05, 0) is 18.9 Å². The Morgan fingerprint density at radius 1 is 1.29 bits per heavy atom. The summed E-state index contributed by atoms with van der Waals surface area (Å²) in [5.74, 6) is 0. The second-order valence-corrected chi connectivity index (χ2v) is 7.10. The van der Waals surface area contributed by atoms with Crippen LogP contribution >= 0.6 is 34.9 Å². The zero-order valence-corrected chi connectivity index (χ0v) is 14.4. The van der Waals surface area contributed by atoms with E-state index in [1.807, 2.05) is 0 Å². The van der Waals surface area contributed by atoms with Crippen LogP contribution in [0.2, 0.25) is 10.0 Å². The fraction of sp³-hybridized carbons (Fsp3) is 0.571. The summed E-state index contributed by atoms with van der Waals surface area (Å²) in [4.78, 5) is 2.31. The van der Waals surface area contributed by atoms with Gasteiger partial charge in [-0.2, -0.15) is 8.75 Å². The maximum absolute atomic E-state index is 6.44. The minimum Gasteiger partial charge on any atom is -0.367 e. The summed E-state index contributed by atoms with van der Waals surface area (Å²) < 4.78 is 8.68. The molecule has 21 heavy (non-hydrogen) atoms. The number of rotatable bonds is 3. The number of nitrogens with one attached hydrogen (secondary N) is 1. The van der Waals surface area contributed by atoms with E-state index >= 15 is 0 Å². The van der Waals surface area contributed by atoms with Crippen molar-refractivity contribution in [3.63, 3.8) is 0 Å². The van der Waals surface area contributed by atoms with Gasteiger partial charge in [0.05, 0.1) is 27.5 Å². The van der Waals surface area contributed by atoms with Crippen molar-refractivity contribution in [2.75, 3.05) is 18.0 Å². The quantitative estimate of drug-likeness (QED) is 0.914. The minimum atomic E-state index is 0.479. The highest BCUT2D eigenvalue weighted by Gasteiger charge is 2.25. The Labute approximate surface area is 138 Å². The molecule has 0 spiro atoms. The molecule has 1 atom stereocenters. The zero-order valence-electron chi connectivity index (χ0n) is 12.1. The molecular formula is C14H18Cl2N4S. The third-order valence-electron chi connectivity index (χ3n) is 3.73. The maximum atomic E-state index is 6.44. The van der Waals surface area contributed by atoms with Crippen LogP contribution in [0.25, 0.3) is 11.0 Å². The summed E-state index contributed by atoms with van der Waals surface area (Å²) >= 11 is 13.8. The highest BCUT2D eigenvalue weighted by molar-refractivity contribution is 7.00. The molecule has 0 bridgehead atoms. The number of piperidine rings is 1. The third kappa shape index (κ3) is 3.11. The Bertz CT molecular complexity index is 643. The van der Waals surface area contributed by atoms with Gasteiger partial charge in [-0.1, -0.05) is 37.0 Å². The first-order chi connectivity index (χ1) is 10.1. The van der Waals surface area contributed by atoms with Crippen LogP contribution in [0.3, 0.4) is 0 Å². The Balaban J connectivity index is 1.94. The Morgan fingerprint density at radius 2 is 2.05 bits per heavy atom. The Kier molecular flexibility index (Phi) is 4.54. The average molecular weight is 345 g/mol. The Morgan fingerprint density at radius 3 is 2.81 bits per heavy atom. The summed E-state index contributed by atoms with van der Waals surface area (Å²) in [5, 5.41) is 4.84. The van der Waals surface area contributed by atoms with Crippen molar-refractivity contribution < 1.29 is 0 Å². The van der Waals surface area contributed by atoms with Crippen LogP contribution in [-0.2, 0) is 0 Å². The van der Waals surface area contributed by atoms with Gasteiger partial charge >= 0.3 is 0 Å². The van der Waals surface area contributed by atoms with Gasteiger partial charge in [0, 0.05) is 25.2 Å². The number of hydrogen-bond donors (Lipinski definition) is 1. The van der Waals surface area contributed by atoms with E-state index in [1.165, 1.54) is 18.1 Å². The molecule has 0 aliphatic carbocycles. The molecule has 1 aliphatic rings. The smallest absolute Gasteiger partial charge is 0.131 e. The molecule has 2 heterocycles. The van der Waals surface area contributed by atoms with E-state index in [1.54, 1.807) is 6.07 Å². The normalized spacial score (nSPS) is 19.7. The molecule has 1 unspecified atom stereocenters. The number of hydrogen-bond acceptors (Lipinski definition) is 5. The van der Waals surface area contributed by atoms with Crippen LogP contribution in [0.4, 0.5) is 5.69 Å². The van der Waals surface area contributed by atoms with Crippen molar-refractivity contribution >= 4 is 51.7 Å². The van der Waals surface area contributed by atoms with Gasteiger partial charge in [-0.3, -0.25) is 0 Å². The van der Waals surface area contributed by atoms with Crippen LogP contribution in [0.5, 0.6) is 0 Å². The van der Waals surface area contributed by atoms with E-state index in [0.29, 0.717) is 22.1 Å². The second-order valence-electron chi connectivity index (χ2n) is 5.76. The largest absolute Gasteiger partial charge is 0.367 e. The first-order valence-corrected chi connectivity index (χ1v) is 8.66. The fourth-order valence-corrected chi connectivity index (χ4v) is 4.18. The summed E-state index contributed by atoms with van der Waals surface area (Å²) in [6, 6.07) is 2.74. The van der Waals surface area contributed by atoms with Crippen LogP contribution in [0.1, 0.15) is 26.7 Å². The molecular weight excluding hydrogens is 327 g/mol. The molecule has 0 radical (unpaired) electrons. The van der Waals surface area contributed by atoms with Crippen molar-refractivity contribution in [2.24, 2.45) is 0 Å². The zero-order chi connectivity index (χ0) is 15.0. The molecule has 1 aromatic carbocycles.